The Morgan fingerprint density at radius 3 is 2.48 bits per heavy atom. The van der Waals surface area contributed by atoms with Gasteiger partial charge in [-0.2, -0.15) is 5.10 Å². The second kappa shape index (κ2) is 7.67. The summed E-state index contributed by atoms with van der Waals surface area (Å²) >= 11 is 18.6. The average molecular weight is 447 g/mol. The van der Waals surface area contributed by atoms with Gasteiger partial charge in [0.25, 0.3) is 5.56 Å². The SMILES string of the molecule is Cn1ncc2c(c(Cl)c(Cl)n2Cc2cccc(C(=O)c3ccc(Cl)cc3)c2)c1=O. The first kappa shape index (κ1) is 19.7. The standard InChI is InChI=1S/C21H14Cl3N3O2/c1-26-21(29)17-16(10-25-26)27(20(24)18(17)23)11-12-3-2-4-14(9-12)19(28)13-5-7-15(22)8-6-13/h2-10H,11H2,1H3. The summed E-state index contributed by atoms with van der Waals surface area (Å²) in [5, 5.41) is 5.39. The maximum Gasteiger partial charge on any atom is 0.277 e. The van der Waals surface area contributed by atoms with Gasteiger partial charge in [0.1, 0.15) is 5.15 Å². The van der Waals surface area contributed by atoms with E-state index >= 15 is 0 Å². The van der Waals surface area contributed by atoms with E-state index in [9.17, 15) is 9.59 Å². The number of rotatable bonds is 4. The fourth-order valence-electron chi connectivity index (χ4n) is 3.18. The molecule has 29 heavy (non-hydrogen) atoms. The third-order valence-electron chi connectivity index (χ3n) is 4.68. The van der Waals surface area contributed by atoms with Gasteiger partial charge in [0.05, 0.1) is 22.1 Å². The van der Waals surface area contributed by atoms with Gasteiger partial charge in [-0.25, -0.2) is 4.68 Å². The van der Waals surface area contributed by atoms with Crippen LogP contribution in [0.25, 0.3) is 10.9 Å². The highest BCUT2D eigenvalue weighted by Gasteiger charge is 2.19. The molecule has 0 atom stereocenters. The summed E-state index contributed by atoms with van der Waals surface area (Å²) in [5.74, 6) is -0.111. The van der Waals surface area contributed by atoms with Gasteiger partial charge in [0.2, 0.25) is 0 Å². The molecule has 2 aromatic heterocycles. The molecule has 0 aliphatic carbocycles. The monoisotopic (exact) mass is 445 g/mol. The molecular formula is C21H14Cl3N3O2. The van der Waals surface area contributed by atoms with Crippen molar-refractivity contribution in [2.24, 2.45) is 7.05 Å². The Morgan fingerprint density at radius 1 is 1.03 bits per heavy atom. The number of aromatic nitrogens is 3. The van der Waals surface area contributed by atoms with Crippen LogP contribution in [-0.2, 0) is 13.6 Å². The molecule has 4 rings (SSSR count). The van der Waals surface area contributed by atoms with Crippen LogP contribution in [0, 0.1) is 0 Å². The number of hydrogen-bond acceptors (Lipinski definition) is 3. The number of nitrogens with zero attached hydrogens (tertiary/aromatic N) is 3. The zero-order chi connectivity index (χ0) is 20.7. The van der Waals surface area contributed by atoms with Gasteiger partial charge in [-0.05, 0) is 35.9 Å². The quantitative estimate of drug-likeness (QED) is 0.416. The van der Waals surface area contributed by atoms with Gasteiger partial charge in [-0.1, -0.05) is 53.0 Å². The van der Waals surface area contributed by atoms with E-state index in [0.29, 0.717) is 33.6 Å². The lowest BCUT2D eigenvalue weighted by atomic mass is 10.0. The Balaban J connectivity index is 1.73. The molecule has 0 unspecified atom stereocenters. The van der Waals surface area contributed by atoms with Crippen molar-refractivity contribution in [3.8, 4) is 0 Å². The minimum atomic E-state index is -0.320. The van der Waals surface area contributed by atoms with Gasteiger partial charge >= 0.3 is 0 Å². The molecule has 146 valence electrons. The lowest BCUT2D eigenvalue weighted by Crippen LogP contribution is -2.19. The Morgan fingerprint density at radius 2 is 1.76 bits per heavy atom. The topological polar surface area (TPSA) is 56.9 Å². The fourth-order valence-corrected chi connectivity index (χ4v) is 3.83. The number of hydrogen-bond donors (Lipinski definition) is 0. The average Bonchev–Trinajstić information content (AvgIpc) is 2.96. The van der Waals surface area contributed by atoms with Crippen molar-refractivity contribution >= 4 is 51.5 Å². The largest absolute Gasteiger partial charge is 0.324 e. The first-order valence-electron chi connectivity index (χ1n) is 8.65. The van der Waals surface area contributed by atoms with Crippen LogP contribution in [0.4, 0.5) is 0 Å². The van der Waals surface area contributed by atoms with Gasteiger partial charge in [-0.15, -0.1) is 0 Å². The molecule has 0 fully saturated rings. The van der Waals surface area contributed by atoms with Crippen LogP contribution in [-0.4, -0.2) is 20.1 Å². The first-order valence-corrected chi connectivity index (χ1v) is 9.79. The number of halogens is 3. The summed E-state index contributed by atoms with van der Waals surface area (Å²) in [6.07, 6.45) is 1.55. The van der Waals surface area contributed by atoms with Crippen molar-refractivity contribution in [3.05, 3.63) is 97.0 Å². The molecule has 0 spiro atoms. The summed E-state index contributed by atoms with van der Waals surface area (Å²) < 4.78 is 2.92. The zero-order valence-electron chi connectivity index (χ0n) is 15.2. The molecule has 2 aromatic carbocycles. The highest BCUT2D eigenvalue weighted by atomic mass is 35.5. The Labute approximate surface area is 181 Å². The second-order valence-corrected chi connectivity index (χ2v) is 7.73. The van der Waals surface area contributed by atoms with E-state index in [1.54, 1.807) is 60.3 Å². The van der Waals surface area contributed by atoms with Gasteiger partial charge < -0.3 is 4.57 Å². The molecule has 0 N–H and O–H groups in total. The number of benzene rings is 2. The van der Waals surface area contributed by atoms with Crippen LogP contribution in [0.1, 0.15) is 21.5 Å². The van der Waals surface area contributed by atoms with E-state index < -0.39 is 0 Å². The van der Waals surface area contributed by atoms with Crippen LogP contribution in [0.2, 0.25) is 15.2 Å². The molecule has 0 saturated carbocycles. The number of aryl methyl sites for hydroxylation is 1. The third kappa shape index (κ3) is 3.57. The number of fused-ring (bicyclic) bond motifs is 1. The van der Waals surface area contributed by atoms with Gasteiger partial charge in [0, 0.05) is 29.7 Å². The Hall–Kier alpha value is -2.60. The van der Waals surface area contributed by atoms with Gasteiger partial charge in [-0.3, -0.25) is 9.59 Å². The summed E-state index contributed by atoms with van der Waals surface area (Å²) in [5.41, 5.74) is 2.14. The number of ketones is 1. The maximum absolute atomic E-state index is 12.8. The molecular weight excluding hydrogens is 433 g/mol. The van der Waals surface area contributed by atoms with E-state index in [0.717, 1.165) is 5.56 Å². The molecule has 5 nitrogen and oxygen atoms in total. The summed E-state index contributed by atoms with van der Waals surface area (Å²) in [6.45, 7) is 0.332. The normalized spacial score (nSPS) is 11.2. The summed E-state index contributed by atoms with van der Waals surface area (Å²) in [4.78, 5) is 25.2. The molecule has 0 bridgehead atoms. The molecule has 8 heteroatoms. The molecule has 2 heterocycles. The van der Waals surface area contributed by atoms with E-state index in [1.807, 2.05) is 6.07 Å². The van der Waals surface area contributed by atoms with Crippen molar-refractivity contribution < 1.29 is 4.79 Å². The third-order valence-corrected chi connectivity index (χ3v) is 5.79. The van der Waals surface area contributed by atoms with Crippen molar-refractivity contribution in [1.29, 1.82) is 0 Å². The Kier molecular flexibility index (Phi) is 5.21. The molecule has 0 saturated heterocycles. The molecule has 0 radical (unpaired) electrons. The van der Waals surface area contributed by atoms with Crippen molar-refractivity contribution in [3.63, 3.8) is 0 Å². The van der Waals surface area contributed by atoms with Crippen LogP contribution >= 0.6 is 34.8 Å². The minimum Gasteiger partial charge on any atom is -0.324 e. The zero-order valence-corrected chi connectivity index (χ0v) is 17.5. The van der Waals surface area contributed by atoms with Crippen LogP contribution in [0.15, 0.2) is 59.5 Å². The number of carbonyl (C=O) groups excluding carboxylic acids is 1. The maximum atomic E-state index is 12.8. The van der Waals surface area contributed by atoms with E-state index in [4.69, 9.17) is 34.8 Å². The van der Waals surface area contributed by atoms with Crippen LogP contribution in [0.3, 0.4) is 0 Å². The predicted octanol–water partition coefficient (Wildman–Crippen LogP) is 4.97. The lowest BCUT2D eigenvalue weighted by Gasteiger charge is -2.09. The molecule has 4 aromatic rings. The predicted molar refractivity (Wildman–Crippen MR) is 115 cm³/mol. The van der Waals surface area contributed by atoms with E-state index in [1.165, 1.54) is 4.68 Å². The molecule has 0 aliphatic rings. The highest BCUT2D eigenvalue weighted by Crippen LogP contribution is 2.32. The molecule has 0 amide bonds. The minimum absolute atomic E-state index is 0.111. The lowest BCUT2D eigenvalue weighted by molar-refractivity contribution is 0.103. The molecule has 0 aliphatic heterocycles. The second-order valence-electron chi connectivity index (χ2n) is 6.56. The van der Waals surface area contributed by atoms with Crippen molar-refractivity contribution in [1.82, 2.24) is 14.3 Å². The smallest absolute Gasteiger partial charge is 0.277 e. The fraction of sp³-hybridized carbons (Fsp3) is 0.0952. The van der Waals surface area contributed by atoms with Gasteiger partial charge in [0.15, 0.2) is 5.78 Å². The summed E-state index contributed by atoms with van der Waals surface area (Å²) in [6, 6.07) is 14.0. The van der Waals surface area contributed by atoms with Crippen LogP contribution < -0.4 is 5.56 Å². The number of carbonyl (C=O) groups is 1. The Bertz CT molecular complexity index is 1310. The van der Waals surface area contributed by atoms with Crippen molar-refractivity contribution in [2.75, 3.05) is 0 Å². The highest BCUT2D eigenvalue weighted by molar-refractivity contribution is 6.45. The van der Waals surface area contributed by atoms with Crippen molar-refractivity contribution in [2.45, 2.75) is 6.54 Å². The summed E-state index contributed by atoms with van der Waals surface area (Å²) in [7, 11) is 1.55. The van der Waals surface area contributed by atoms with Crippen LogP contribution in [0.5, 0.6) is 0 Å². The van der Waals surface area contributed by atoms with E-state index in [2.05, 4.69) is 5.10 Å². The van der Waals surface area contributed by atoms with E-state index in [-0.39, 0.29) is 21.5 Å². The first-order chi connectivity index (χ1) is 13.9.